The molecule has 1 aliphatic heterocycles. The molecule has 2 heterocycles. The normalized spacial score (nSPS) is 15.8. The van der Waals surface area contributed by atoms with Crippen molar-refractivity contribution in [1.29, 1.82) is 0 Å². The first kappa shape index (κ1) is 15.0. The van der Waals surface area contributed by atoms with E-state index in [1.54, 1.807) is 0 Å². The van der Waals surface area contributed by atoms with E-state index in [1.807, 2.05) is 23.0 Å². The van der Waals surface area contributed by atoms with Gasteiger partial charge in [-0.2, -0.15) is 5.10 Å². The number of hydrogen-bond acceptors (Lipinski definition) is 2. The van der Waals surface area contributed by atoms with Crippen molar-refractivity contribution in [2.24, 2.45) is 0 Å². The Morgan fingerprint density at radius 2 is 2.14 bits per heavy atom. The maximum Gasteiger partial charge on any atom is 0.0906 e. The Bertz CT molecular complexity index is 660. The molecule has 1 aromatic heterocycles. The summed E-state index contributed by atoms with van der Waals surface area (Å²) in [5.74, 6) is 0. The summed E-state index contributed by atoms with van der Waals surface area (Å²) in [6.45, 7) is 4.63. The maximum absolute atomic E-state index is 12.2. The molecule has 0 bridgehead atoms. The van der Waals surface area contributed by atoms with Crippen LogP contribution in [0, 0.1) is 6.92 Å². The Hall–Kier alpha value is -1.94. The fourth-order valence-corrected chi connectivity index (χ4v) is 2.90. The summed E-state index contributed by atoms with van der Waals surface area (Å²) in [7, 11) is 0. The zero-order valence-electron chi connectivity index (χ0n) is 13.0. The average molecular weight is 299 g/mol. The highest BCUT2D eigenvalue weighted by Crippen LogP contribution is 2.23. The van der Waals surface area contributed by atoms with E-state index >= 15 is 0 Å². The zero-order chi connectivity index (χ0) is 15.4. The molecule has 0 atom stereocenters. The SMILES string of the molecule is Cc1ccccc1-n1cc(C2=CCN(CCCF)CC2)cn1. The van der Waals surface area contributed by atoms with Crippen LogP contribution in [0.2, 0.25) is 0 Å². The van der Waals surface area contributed by atoms with Crippen LogP contribution in [0.1, 0.15) is 24.0 Å². The zero-order valence-corrected chi connectivity index (χ0v) is 13.0. The van der Waals surface area contributed by atoms with Gasteiger partial charge in [-0.05, 0) is 37.0 Å². The van der Waals surface area contributed by atoms with Crippen LogP contribution in [0.3, 0.4) is 0 Å². The summed E-state index contributed by atoms with van der Waals surface area (Å²) in [6, 6.07) is 8.25. The van der Waals surface area contributed by atoms with Gasteiger partial charge < -0.3 is 0 Å². The summed E-state index contributed by atoms with van der Waals surface area (Å²) < 4.78 is 14.2. The standard InChI is InChI=1S/C18H22FN3/c1-15-5-2-3-6-18(15)22-14-17(13-20-22)16-7-11-21(12-8-16)10-4-9-19/h2-3,5-7,13-14H,4,8-12H2,1H3. The minimum atomic E-state index is -0.226. The van der Waals surface area contributed by atoms with E-state index in [2.05, 4.69) is 41.3 Å². The van der Waals surface area contributed by atoms with E-state index in [1.165, 1.54) is 16.7 Å². The van der Waals surface area contributed by atoms with Crippen LogP contribution < -0.4 is 0 Å². The van der Waals surface area contributed by atoms with Crippen molar-refractivity contribution in [2.75, 3.05) is 26.3 Å². The monoisotopic (exact) mass is 299 g/mol. The Kier molecular flexibility index (Phi) is 4.68. The number of nitrogens with zero attached hydrogens (tertiary/aromatic N) is 3. The molecule has 0 fully saturated rings. The highest BCUT2D eigenvalue weighted by atomic mass is 19.1. The van der Waals surface area contributed by atoms with Crippen LogP contribution in [-0.4, -0.2) is 41.0 Å². The third-order valence-corrected chi connectivity index (χ3v) is 4.22. The molecule has 0 unspecified atom stereocenters. The molecule has 0 radical (unpaired) electrons. The first-order chi connectivity index (χ1) is 10.8. The second-order valence-electron chi connectivity index (χ2n) is 5.78. The minimum Gasteiger partial charge on any atom is -0.299 e. The molecule has 1 aromatic carbocycles. The molecule has 0 saturated heterocycles. The van der Waals surface area contributed by atoms with E-state index in [9.17, 15) is 4.39 Å². The van der Waals surface area contributed by atoms with Gasteiger partial charge in [0, 0.05) is 31.4 Å². The predicted molar refractivity (Wildman–Crippen MR) is 87.9 cm³/mol. The Morgan fingerprint density at radius 1 is 1.27 bits per heavy atom. The molecule has 3 nitrogen and oxygen atoms in total. The van der Waals surface area contributed by atoms with E-state index in [-0.39, 0.29) is 6.67 Å². The number of para-hydroxylation sites is 1. The Labute approximate surface area is 131 Å². The van der Waals surface area contributed by atoms with Gasteiger partial charge in [0.2, 0.25) is 0 Å². The number of aryl methyl sites for hydroxylation is 1. The number of halogens is 1. The summed E-state index contributed by atoms with van der Waals surface area (Å²) >= 11 is 0. The second-order valence-corrected chi connectivity index (χ2v) is 5.78. The number of benzene rings is 1. The highest BCUT2D eigenvalue weighted by Gasteiger charge is 2.14. The van der Waals surface area contributed by atoms with Gasteiger partial charge in [-0.3, -0.25) is 9.29 Å². The molecule has 0 N–H and O–H groups in total. The smallest absolute Gasteiger partial charge is 0.0906 e. The van der Waals surface area contributed by atoms with E-state index < -0.39 is 0 Å². The van der Waals surface area contributed by atoms with Crippen LogP contribution in [-0.2, 0) is 0 Å². The average Bonchev–Trinajstić information content (AvgIpc) is 3.03. The largest absolute Gasteiger partial charge is 0.299 e. The third kappa shape index (κ3) is 3.28. The van der Waals surface area contributed by atoms with E-state index in [0.717, 1.165) is 31.7 Å². The van der Waals surface area contributed by atoms with Crippen LogP contribution in [0.15, 0.2) is 42.7 Å². The van der Waals surface area contributed by atoms with E-state index in [4.69, 9.17) is 0 Å². The first-order valence-corrected chi connectivity index (χ1v) is 7.86. The van der Waals surface area contributed by atoms with Gasteiger partial charge in [0.25, 0.3) is 0 Å². The maximum atomic E-state index is 12.2. The molecule has 116 valence electrons. The molecular weight excluding hydrogens is 277 g/mol. The van der Waals surface area contributed by atoms with Crippen LogP contribution in [0.4, 0.5) is 4.39 Å². The lowest BCUT2D eigenvalue weighted by Gasteiger charge is -2.25. The third-order valence-electron chi connectivity index (χ3n) is 4.22. The van der Waals surface area contributed by atoms with Crippen molar-refractivity contribution >= 4 is 5.57 Å². The van der Waals surface area contributed by atoms with Gasteiger partial charge in [0.1, 0.15) is 0 Å². The number of aromatic nitrogens is 2. The van der Waals surface area contributed by atoms with Crippen LogP contribution >= 0.6 is 0 Å². The molecule has 4 heteroatoms. The Balaban J connectivity index is 1.72. The molecular formula is C18H22FN3. The summed E-state index contributed by atoms with van der Waals surface area (Å²) in [5, 5.41) is 4.50. The van der Waals surface area contributed by atoms with Gasteiger partial charge in [-0.15, -0.1) is 0 Å². The fourth-order valence-electron chi connectivity index (χ4n) is 2.90. The fraction of sp³-hybridized carbons (Fsp3) is 0.389. The molecule has 0 spiro atoms. The lowest BCUT2D eigenvalue weighted by atomic mass is 10.0. The van der Waals surface area contributed by atoms with Gasteiger partial charge in [-0.1, -0.05) is 24.3 Å². The molecule has 1 aliphatic rings. The van der Waals surface area contributed by atoms with Gasteiger partial charge in [0.15, 0.2) is 0 Å². The topological polar surface area (TPSA) is 21.1 Å². The van der Waals surface area contributed by atoms with Gasteiger partial charge >= 0.3 is 0 Å². The lowest BCUT2D eigenvalue weighted by molar-refractivity contribution is 0.283. The van der Waals surface area contributed by atoms with Crippen molar-refractivity contribution in [1.82, 2.24) is 14.7 Å². The van der Waals surface area contributed by atoms with Crippen molar-refractivity contribution in [3.63, 3.8) is 0 Å². The summed E-state index contributed by atoms with van der Waals surface area (Å²) in [4.78, 5) is 2.30. The molecule has 0 amide bonds. The molecule has 0 aliphatic carbocycles. The Morgan fingerprint density at radius 3 is 2.86 bits per heavy atom. The van der Waals surface area contributed by atoms with Crippen molar-refractivity contribution in [3.05, 3.63) is 53.9 Å². The molecule has 3 rings (SSSR count). The molecule has 2 aromatic rings. The second kappa shape index (κ2) is 6.88. The quantitative estimate of drug-likeness (QED) is 0.840. The van der Waals surface area contributed by atoms with E-state index in [0.29, 0.717) is 6.42 Å². The van der Waals surface area contributed by atoms with Gasteiger partial charge in [-0.25, -0.2) is 4.68 Å². The summed E-state index contributed by atoms with van der Waals surface area (Å²) in [5.41, 5.74) is 4.87. The minimum absolute atomic E-state index is 0.226. The molecule has 0 saturated carbocycles. The van der Waals surface area contributed by atoms with Gasteiger partial charge in [0.05, 0.1) is 18.6 Å². The first-order valence-electron chi connectivity index (χ1n) is 7.86. The summed E-state index contributed by atoms with van der Waals surface area (Å²) in [6.07, 6.45) is 7.93. The number of hydrogen-bond donors (Lipinski definition) is 0. The highest BCUT2D eigenvalue weighted by molar-refractivity contribution is 5.66. The number of rotatable bonds is 5. The van der Waals surface area contributed by atoms with Crippen LogP contribution in [0.25, 0.3) is 11.3 Å². The predicted octanol–water partition coefficient (Wildman–Crippen LogP) is 3.63. The van der Waals surface area contributed by atoms with Crippen molar-refractivity contribution < 1.29 is 4.39 Å². The molecule has 22 heavy (non-hydrogen) atoms. The van der Waals surface area contributed by atoms with Crippen molar-refractivity contribution in [2.45, 2.75) is 19.8 Å². The number of alkyl halides is 1. The van der Waals surface area contributed by atoms with Crippen LogP contribution in [0.5, 0.6) is 0 Å². The lowest BCUT2D eigenvalue weighted by Crippen LogP contribution is -2.29. The van der Waals surface area contributed by atoms with Crippen molar-refractivity contribution in [3.8, 4) is 5.69 Å².